The molecule has 1 saturated carbocycles. The van der Waals surface area contributed by atoms with Gasteiger partial charge in [0.15, 0.2) is 0 Å². The Labute approximate surface area is 114 Å². The van der Waals surface area contributed by atoms with Crippen LogP contribution in [0, 0.1) is 5.92 Å². The molecule has 0 radical (unpaired) electrons. The molecule has 1 heterocycles. The van der Waals surface area contributed by atoms with Crippen LogP contribution in [0.4, 0.5) is 0 Å². The van der Waals surface area contributed by atoms with Crippen LogP contribution in [0.2, 0.25) is 0 Å². The standard InChI is InChI=1S/C16H32N2/c1-4-14-7-9-15(10-8-14)18-12-6-11-17-16(3,5-2)13-18/h14-15,17H,4-13H2,1-3H3. The Bertz CT molecular complexity index is 245. The van der Waals surface area contributed by atoms with Crippen LogP contribution in [0.3, 0.4) is 0 Å². The van der Waals surface area contributed by atoms with Crippen LogP contribution < -0.4 is 5.32 Å². The molecule has 1 aliphatic carbocycles. The summed E-state index contributed by atoms with van der Waals surface area (Å²) in [7, 11) is 0. The minimum Gasteiger partial charge on any atom is -0.310 e. The van der Waals surface area contributed by atoms with E-state index in [1.807, 2.05) is 0 Å². The first-order valence-electron chi connectivity index (χ1n) is 8.16. The molecular formula is C16H32N2. The lowest BCUT2D eigenvalue weighted by Crippen LogP contribution is -2.51. The lowest BCUT2D eigenvalue weighted by atomic mass is 9.83. The predicted molar refractivity (Wildman–Crippen MR) is 78.9 cm³/mol. The molecule has 1 atom stereocenters. The molecule has 1 unspecified atom stereocenters. The zero-order chi connectivity index (χ0) is 13.0. The van der Waals surface area contributed by atoms with E-state index in [1.54, 1.807) is 0 Å². The van der Waals surface area contributed by atoms with E-state index in [0.717, 1.165) is 12.0 Å². The molecule has 0 aromatic heterocycles. The van der Waals surface area contributed by atoms with Gasteiger partial charge in [0.2, 0.25) is 0 Å². The van der Waals surface area contributed by atoms with E-state index in [1.165, 1.54) is 64.6 Å². The summed E-state index contributed by atoms with van der Waals surface area (Å²) in [5.74, 6) is 1.02. The minimum atomic E-state index is 0.345. The van der Waals surface area contributed by atoms with Crippen LogP contribution in [0.25, 0.3) is 0 Å². The number of hydrogen-bond donors (Lipinski definition) is 1. The van der Waals surface area contributed by atoms with Gasteiger partial charge in [0.05, 0.1) is 0 Å². The van der Waals surface area contributed by atoms with E-state index < -0.39 is 0 Å². The second-order valence-corrected chi connectivity index (χ2v) is 6.75. The lowest BCUT2D eigenvalue weighted by molar-refractivity contribution is 0.113. The smallest absolute Gasteiger partial charge is 0.0277 e. The molecule has 2 fully saturated rings. The Morgan fingerprint density at radius 1 is 1.17 bits per heavy atom. The number of rotatable bonds is 3. The van der Waals surface area contributed by atoms with Gasteiger partial charge in [-0.05, 0) is 64.5 Å². The second kappa shape index (κ2) is 6.38. The van der Waals surface area contributed by atoms with E-state index in [-0.39, 0.29) is 0 Å². The molecule has 18 heavy (non-hydrogen) atoms. The highest BCUT2D eigenvalue weighted by atomic mass is 15.2. The molecule has 0 amide bonds. The van der Waals surface area contributed by atoms with E-state index >= 15 is 0 Å². The predicted octanol–water partition coefficient (Wildman–Crippen LogP) is 3.42. The Morgan fingerprint density at radius 2 is 1.89 bits per heavy atom. The van der Waals surface area contributed by atoms with Crippen LogP contribution in [-0.4, -0.2) is 36.1 Å². The number of nitrogens with one attached hydrogen (secondary N) is 1. The zero-order valence-corrected chi connectivity index (χ0v) is 12.7. The van der Waals surface area contributed by atoms with E-state index in [4.69, 9.17) is 0 Å². The normalized spacial score (nSPS) is 39.5. The van der Waals surface area contributed by atoms with Gasteiger partial charge in [-0.3, -0.25) is 4.90 Å². The third kappa shape index (κ3) is 3.48. The Kier molecular flexibility index (Phi) is 5.08. The summed E-state index contributed by atoms with van der Waals surface area (Å²) in [5.41, 5.74) is 0.345. The minimum absolute atomic E-state index is 0.345. The zero-order valence-electron chi connectivity index (χ0n) is 12.7. The van der Waals surface area contributed by atoms with Crippen molar-refractivity contribution < 1.29 is 0 Å². The SMILES string of the molecule is CCC1CCC(N2CCCNC(C)(CC)C2)CC1. The molecule has 0 spiro atoms. The number of nitrogens with zero attached hydrogens (tertiary/aromatic N) is 1. The maximum atomic E-state index is 3.76. The monoisotopic (exact) mass is 252 g/mol. The Hall–Kier alpha value is -0.0800. The maximum Gasteiger partial charge on any atom is 0.0277 e. The van der Waals surface area contributed by atoms with Gasteiger partial charge in [-0.25, -0.2) is 0 Å². The van der Waals surface area contributed by atoms with Gasteiger partial charge in [0.1, 0.15) is 0 Å². The molecule has 2 heteroatoms. The molecule has 1 aliphatic heterocycles. The topological polar surface area (TPSA) is 15.3 Å². The summed E-state index contributed by atoms with van der Waals surface area (Å²) in [6.07, 6.45) is 9.77. The summed E-state index contributed by atoms with van der Waals surface area (Å²) in [6.45, 7) is 10.8. The summed E-state index contributed by atoms with van der Waals surface area (Å²) >= 11 is 0. The fraction of sp³-hybridized carbons (Fsp3) is 1.00. The Balaban J connectivity index is 1.91. The molecule has 1 saturated heterocycles. The lowest BCUT2D eigenvalue weighted by Gasteiger charge is -2.40. The highest BCUT2D eigenvalue weighted by Crippen LogP contribution is 2.31. The van der Waals surface area contributed by atoms with Crippen molar-refractivity contribution in [3.8, 4) is 0 Å². The van der Waals surface area contributed by atoms with Crippen molar-refractivity contribution in [2.45, 2.75) is 77.3 Å². The third-order valence-electron chi connectivity index (χ3n) is 5.42. The number of hydrogen-bond acceptors (Lipinski definition) is 2. The van der Waals surface area contributed by atoms with Gasteiger partial charge in [-0.15, -0.1) is 0 Å². The average molecular weight is 252 g/mol. The highest BCUT2D eigenvalue weighted by molar-refractivity contribution is 4.91. The fourth-order valence-corrected chi connectivity index (χ4v) is 3.72. The van der Waals surface area contributed by atoms with Crippen LogP contribution in [0.15, 0.2) is 0 Å². The summed E-state index contributed by atoms with van der Waals surface area (Å²) < 4.78 is 0. The van der Waals surface area contributed by atoms with Gasteiger partial charge >= 0.3 is 0 Å². The van der Waals surface area contributed by atoms with Crippen molar-refractivity contribution in [2.24, 2.45) is 5.92 Å². The van der Waals surface area contributed by atoms with Crippen LogP contribution >= 0.6 is 0 Å². The van der Waals surface area contributed by atoms with Crippen molar-refractivity contribution in [1.82, 2.24) is 10.2 Å². The molecule has 0 bridgehead atoms. The largest absolute Gasteiger partial charge is 0.310 e. The summed E-state index contributed by atoms with van der Waals surface area (Å²) in [4.78, 5) is 2.80. The summed E-state index contributed by atoms with van der Waals surface area (Å²) in [6, 6.07) is 0.874. The highest BCUT2D eigenvalue weighted by Gasteiger charge is 2.32. The second-order valence-electron chi connectivity index (χ2n) is 6.75. The van der Waals surface area contributed by atoms with E-state index in [9.17, 15) is 0 Å². The first-order chi connectivity index (χ1) is 8.67. The van der Waals surface area contributed by atoms with E-state index in [0.29, 0.717) is 5.54 Å². The Morgan fingerprint density at radius 3 is 2.50 bits per heavy atom. The van der Waals surface area contributed by atoms with Gasteiger partial charge in [0, 0.05) is 18.1 Å². The van der Waals surface area contributed by atoms with Crippen molar-refractivity contribution in [1.29, 1.82) is 0 Å². The fourth-order valence-electron chi connectivity index (χ4n) is 3.72. The molecular weight excluding hydrogens is 220 g/mol. The first kappa shape index (κ1) is 14.3. The maximum absolute atomic E-state index is 3.76. The molecule has 106 valence electrons. The van der Waals surface area contributed by atoms with Crippen molar-refractivity contribution in [3.63, 3.8) is 0 Å². The van der Waals surface area contributed by atoms with Gasteiger partial charge in [-0.1, -0.05) is 20.3 Å². The molecule has 0 aromatic carbocycles. The molecule has 2 nitrogen and oxygen atoms in total. The summed E-state index contributed by atoms with van der Waals surface area (Å²) in [5, 5.41) is 3.76. The molecule has 0 aromatic rings. The van der Waals surface area contributed by atoms with Crippen LogP contribution in [0.5, 0.6) is 0 Å². The average Bonchev–Trinajstić information content (AvgIpc) is 2.62. The van der Waals surface area contributed by atoms with Crippen LogP contribution in [-0.2, 0) is 0 Å². The van der Waals surface area contributed by atoms with Crippen molar-refractivity contribution in [3.05, 3.63) is 0 Å². The quantitative estimate of drug-likeness (QED) is 0.828. The van der Waals surface area contributed by atoms with Gasteiger partial charge < -0.3 is 5.32 Å². The van der Waals surface area contributed by atoms with Gasteiger partial charge in [0.25, 0.3) is 0 Å². The molecule has 2 aliphatic rings. The van der Waals surface area contributed by atoms with Crippen LogP contribution in [0.1, 0.15) is 65.7 Å². The first-order valence-corrected chi connectivity index (χ1v) is 8.16. The van der Waals surface area contributed by atoms with E-state index in [2.05, 4.69) is 31.0 Å². The van der Waals surface area contributed by atoms with Crippen molar-refractivity contribution >= 4 is 0 Å². The molecule has 1 N–H and O–H groups in total. The third-order valence-corrected chi connectivity index (χ3v) is 5.42. The van der Waals surface area contributed by atoms with Crippen molar-refractivity contribution in [2.75, 3.05) is 19.6 Å². The van der Waals surface area contributed by atoms with Gasteiger partial charge in [-0.2, -0.15) is 0 Å². The molecule has 2 rings (SSSR count).